The third-order valence-electron chi connectivity index (χ3n) is 10.2. The van der Waals surface area contributed by atoms with E-state index < -0.39 is 34.7 Å². The van der Waals surface area contributed by atoms with Crippen molar-refractivity contribution in [3.05, 3.63) is 23.5 Å². The maximum absolute atomic E-state index is 14.2. The van der Waals surface area contributed by atoms with E-state index in [1.165, 1.54) is 38.5 Å². The number of carboxylic acids is 1. The van der Waals surface area contributed by atoms with Gasteiger partial charge in [0, 0.05) is 40.2 Å². The zero-order valence-electron chi connectivity index (χ0n) is 29.3. The van der Waals surface area contributed by atoms with Gasteiger partial charge in [0.2, 0.25) is 5.91 Å². The monoisotopic (exact) mass is 630 g/mol. The van der Waals surface area contributed by atoms with Crippen LogP contribution in [0.4, 0.5) is 0 Å². The normalized spacial score (nSPS) is 22.1. The Bertz CT molecular complexity index is 1100. The summed E-state index contributed by atoms with van der Waals surface area (Å²) in [7, 11) is 0. The zero-order valence-corrected chi connectivity index (χ0v) is 29.3. The number of amides is 1. The van der Waals surface area contributed by atoms with E-state index in [9.17, 15) is 19.5 Å². The molecule has 2 heterocycles. The van der Waals surface area contributed by atoms with Crippen LogP contribution in [0.3, 0.4) is 0 Å². The summed E-state index contributed by atoms with van der Waals surface area (Å²) in [5.74, 6) is -2.58. The summed E-state index contributed by atoms with van der Waals surface area (Å²) in [6.07, 6.45) is 15.5. The van der Waals surface area contributed by atoms with Crippen LogP contribution in [0.15, 0.2) is 12.3 Å². The molecule has 3 atom stereocenters. The molecule has 2 aliphatic rings. The summed E-state index contributed by atoms with van der Waals surface area (Å²) >= 11 is 0. The number of carboxylic acid groups (broad SMARTS) is 1. The Balaban J connectivity index is 1.86. The molecule has 1 aromatic heterocycles. The Hall–Kier alpha value is -2.19. The molecule has 1 amide bonds. The summed E-state index contributed by atoms with van der Waals surface area (Å²) in [5.41, 5.74) is -0.307. The number of ketones is 1. The Morgan fingerprint density at radius 2 is 1.60 bits per heavy atom. The molecule has 1 saturated heterocycles. The van der Waals surface area contributed by atoms with Crippen LogP contribution in [0.25, 0.3) is 0 Å². The first-order valence-electron chi connectivity index (χ1n) is 17.8. The summed E-state index contributed by atoms with van der Waals surface area (Å²) in [6, 6.07) is 1.74. The highest BCUT2D eigenvalue weighted by Crippen LogP contribution is 2.44. The lowest BCUT2D eigenvalue weighted by atomic mass is 9.68. The number of aromatic amines is 1. The number of aromatic nitrogens is 1. The number of nitrogens with one attached hydrogen (secondary N) is 2. The maximum Gasteiger partial charge on any atom is 0.304 e. The lowest BCUT2D eigenvalue weighted by molar-refractivity contribution is -0.298. The average Bonchev–Trinajstić information content (AvgIpc) is 3.46. The topological polar surface area (TPSA) is 118 Å². The number of unbranched alkanes of at least 4 members (excludes halogenated alkanes) is 7. The molecule has 45 heavy (non-hydrogen) atoms. The molecule has 8 heteroatoms. The maximum atomic E-state index is 14.2. The number of carbonyl (C=O) groups is 3. The number of aliphatic carboxylic acids is 1. The Labute approximate surface area is 272 Å². The summed E-state index contributed by atoms with van der Waals surface area (Å²) in [6.45, 7) is 14.3. The van der Waals surface area contributed by atoms with Gasteiger partial charge in [-0.2, -0.15) is 0 Å². The lowest BCUT2D eigenvalue weighted by Crippen LogP contribution is -2.57. The first-order chi connectivity index (χ1) is 21.2. The molecule has 2 fully saturated rings. The number of carbonyl (C=O) groups excluding carboxylic acids is 2. The van der Waals surface area contributed by atoms with Gasteiger partial charge in [-0.05, 0) is 45.1 Å². The van der Waals surface area contributed by atoms with Gasteiger partial charge in [-0.25, -0.2) is 0 Å². The molecule has 1 aliphatic carbocycles. The van der Waals surface area contributed by atoms with E-state index in [-0.39, 0.29) is 29.9 Å². The van der Waals surface area contributed by atoms with Crippen molar-refractivity contribution in [1.29, 1.82) is 0 Å². The van der Waals surface area contributed by atoms with Crippen LogP contribution in [-0.2, 0) is 19.1 Å². The van der Waals surface area contributed by atoms with Gasteiger partial charge in [-0.1, -0.05) is 105 Å². The molecule has 3 rings (SSSR count). The largest absolute Gasteiger partial charge is 0.481 e. The van der Waals surface area contributed by atoms with Gasteiger partial charge >= 0.3 is 5.97 Å². The van der Waals surface area contributed by atoms with Gasteiger partial charge in [0.05, 0.1) is 13.0 Å². The molecule has 0 aromatic carbocycles. The number of hydrogen-bond acceptors (Lipinski definition) is 5. The van der Waals surface area contributed by atoms with Crippen LogP contribution < -0.4 is 5.32 Å². The zero-order chi connectivity index (χ0) is 33.3. The molecule has 1 aromatic rings. The van der Waals surface area contributed by atoms with Gasteiger partial charge in [-0.15, -0.1) is 0 Å². The Morgan fingerprint density at radius 1 is 0.978 bits per heavy atom. The van der Waals surface area contributed by atoms with Crippen LogP contribution in [0.5, 0.6) is 0 Å². The molecule has 1 aliphatic heterocycles. The predicted molar refractivity (Wildman–Crippen MR) is 178 cm³/mol. The van der Waals surface area contributed by atoms with E-state index in [0.29, 0.717) is 30.7 Å². The third kappa shape index (κ3) is 10.1. The van der Waals surface area contributed by atoms with Crippen molar-refractivity contribution in [1.82, 2.24) is 10.3 Å². The molecule has 0 bridgehead atoms. The molecular weight excluding hydrogens is 568 g/mol. The fourth-order valence-corrected chi connectivity index (χ4v) is 7.44. The van der Waals surface area contributed by atoms with Gasteiger partial charge in [0.15, 0.2) is 11.6 Å². The summed E-state index contributed by atoms with van der Waals surface area (Å²) in [4.78, 5) is 44.0. The second kappa shape index (κ2) is 16.6. The predicted octanol–water partition coefficient (Wildman–Crippen LogP) is 8.56. The van der Waals surface area contributed by atoms with Crippen molar-refractivity contribution in [3.63, 3.8) is 0 Å². The van der Waals surface area contributed by atoms with E-state index in [0.717, 1.165) is 38.5 Å². The smallest absolute Gasteiger partial charge is 0.304 e. The standard InChI is InChI=1S/C37H62N2O6/c1-8-9-10-11-12-13-14-16-19-27(26(2)3)34(43)39-37(21-17-15-18-22-37)29(24-30(40)41)31-28(20-23-38-31)32(42)33-35(4,5)25-44-36(6,7)45-33/h20,23,26-27,29,33,38H,8-19,21-22,24-25H2,1-7H3,(H,39,43)(H,40,41). The minimum atomic E-state index is -0.949. The van der Waals surface area contributed by atoms with Gasteiger partial charge in [0.25, 0.3) is 0 Å². The second-order valence-corrected chi connectivity index (χ2v) is 15.3. The second-order valence-electron chi connectivity index (χ2n) is 15.3. The van der Waals surface area contributed by atoms with Crippen LogP contribution in [0.2, 0.25) is 0 Å². The Kier molecular flexibility index (Phi) is 13.7. The van der Waals surface area contributed by atoms with Crippen molar-refractivity contribution in [2.24, 2.45) is 17.3 Å². The van der Waals surface area contributed by atoms with Crippen molar-refractivity contribution < 1.29 is 29.0 Å². The molecule has 8 nitrogen and oxygen atoms in total. The molecule has 0 radical (unpaired) electrons. The van der Waals surface area contributed by atoms with Gasteiger partial charge < -0.3 is 24.9 Å². The minimum absolute atomic E-state index is 0.0142. The average molecular weight is 631 g/mol. The number of Topliss-reactive ketones (excluding diaryl/α,β-unsaturated/α-hetero) is 1. The van der Waals surface area contributed by atoms with Crippen molar-refractivity contribution in [2.45, 2.75) is 168 Å². The van der Waals surface area contributed by atoms with Crippen LogP contribution in [0.1, 0.15) is 167 Å². The van der Waals surface area contributed by atoms with Crippen molar-refractivity contribution in [2.75, 3.05) is 6.61 Å². The molecular formula is C37H62N2O6. The molecule has 3 unspecified atom stereocenters. The van der Waals surface area contributed by atoms with E-state index >= 15 is 0 Å². The first kappa shape index (κ1) is 37.3. The first-order valence-corrected chi connectivity index (χ1v) is 17.8. The summed E-state index contributed by atoms with van der Waals surface area (Å²) < 4.78 is 12.0. The highest BCUT2D eigenvalue weighted by molar-refractivity contribution is 6.01. The number of H-pyrrole nitrogens is 1. The number of hydrogen-bond donors (Lipinski definition) is 3. The van der Waals surface area contributed by atoms with E-state index in [2.05, 4.69) is 31.1 Å². The lowest BCUT2D eigenvalue weighted by Gasteiger charge is -2.46. The van der Waals surface area contributed by atoms with Gasteiger partial charge in [0.1, 0.15) is 6.10 Å². The van der Waals surface area contributed by atoms with Gasteiger partial charge in [-0.3, -0.25) is 14.4 Å². The van der Waals surface area contributed by atoms with E-state index in [1.54, 1.807) is 26.1 Å². The van der Waals surface area contributed by atoms with Crippen molar-refractivity contribution in [3.8, 4) is 0 Å². The summed E-state index contributed by atoms with van der Waals surface area (Å²) in [5, 5.41) is 13.6. The van der Waals surface area contributed by atoms with Crippen LogP contribution in [0, 0.1) is 17.3 Å². The molecule has 1 saturated carbocycles. The molecule has 3 N–H and O–H groups in total. The fraction of sp³-hybridized carbons (Fsp3) is 0.811. The highest BCUT2D eigenvalue weighted by atomic mass is 16.7. The van der Waals surface area contributed by atoms with Crippen molar-refractivity contribution >= 4 is 17.7 Å². The fourth-order valence-electron chi connectivity index (χ4n) is 7.44. The quantitative estimate of drug-likeness (QED) is 0.110. The van der Waals surface area contributed by atoms with Crippen LogP contribution >= 0.6 is 0 Å². The SMILES string of the molecule is CCCCCCCCCCC(C(=O)NC1(C(CC(=O)O)c2[nH]ccc2C(=O)C2OC(C)(C)OCC2(C)C)CCCCC1)C(C)C. The minimum Gasteiger partial charge on any atom is -0.481 e. The highest BCUT2D eigenvalue weighted by Gasteiger charge is 2.49. The number of ether oxygens (including phenoxy) is 2. The van der Waals surface area contributed by atoms with Crippen LogP contribution in [-0.4, -0.2) is 51.8 Å². The van der Waals surface area contributed by atoms with E-state index in [1.807, 2.05) is 13.8 Å². The Morgan fingerprint density at radius 3 is 2.20 bits per heavy atom. The molecule has 256 valence electrons. The van der Waals surface area contributed by atoms with E-state index in [4.69, 9.17) is 9.47 Å². The molecule has 0 spiro atoms. The number of rotatable bonds is 18. The third-order valence-corrected chi connectivity index (χ3v) is 10.2.